The van der Waals surface area contributed by atoms with Gasteiger partial charge in [-0.25, -0.2) is 0 Å². The summed E-state index contributed by atoms with van der Waals surface area (Å²) in [4.78, 5) is 0. The molecule has 370 valence electrons. The van der Waals surface area contributed by atoms with E-state index in [1.165, 1.54) is 11.1 Å². The van der Waals surface area contributed by atoms with Crippen molar-refractivity contribution in [2.24, 2.45) is 0 Å². The number of hydrogen-bond donors (Lipinski definition) is 9. The number of ether oxygens (including phenoxy) is 3. The first-order valence-electron chi connectivity index (χ1n) is 24.3. The highest BCUT2D eigenvalue weighted by atomic mass is 16.7. The largest absolute Gasteiger partial charge is 0.394 e. The maximum Gasteiger partial charge on any atom is 0.187 e. The average Bonchev–Trinajstić information content (AvgIpc) is 3.78. The highest BCUT2D eigenvalue weighted by Gasteiger charge is 2.48. The van der Waals surface area contributed by atoms with Crippen molar-refractivity contribution >= 4 is 0 Å². The average molecular weight is 899 g/mol. The minimum absolute atomic E-state index is 0.0686. The lowest BCUT2D eigenvalue weighted by Gasteiger charge is -2.39. The number of aliphatic hydroxyl groups is 9. The van der Waals surface area contributed by atoms with Gasteiger partial charge in [0.05, 0.1) is 52.9 Å². The van der Waals surface area contributed by atoms with E-state index in [9.17, 15) is 46.0 Å². The monoisotopic (exact) mass is 899 g/mol. The Morgan fingerprint density at radius 2 is 0.905 bits per heavy atom. The third-order valence-corrected chi connectivity index (χ3v) is 13.7. The molecule has 0 spiro atoms. The van der Waals surface area contributed by atoms with E-state index in [0.717, 1.165) is 63.4 Å². The predicted molar refractivity (Wildman–Crippen MR) is 250 cm³/mol. The Hall–Kier alpha value is -1.26. The Balaban J connectivity index is 1.56. The molecule has 2 fully saturated rings. The van der Waals surface area contributed by atoms with Crippen LogP contribution in [0.2, 0.25) is 0 Å². The lowest BCUT2D eigenvalue weighted by molar-refractivity contribution is -0.298. The highest BCUT2D eigenvalue weighted by Crippen LogP contribution is 2.40. The summed E-state index contributed by atoms with van der Waals surface area (Å²) >= 11 is 0. The van der Waals surface area contributed by atoms with Gasteiger partial charge in [0.25, 0.3) is 0 Å². The fourth-order valence-electron chi connectivity index (χ4n) is 8.84. The molecule has 2 aliphatic heterocycles. The molecule has 0 aromatic heterocycles. The van der Waals surface area contributed by atoms with Gasteiger partial charge in [-0.3, -0.25) is 0 Å². The van der Waals surface area contributed by atoms with Crippen molar-refractivity contribution < 1.29 is 60.2 Å². The molecule has 0 aromatic carbocycles. The molecule has 0 bridgehead atoms. The zero-order valence-corrected chi connectivity index (χ0v) is 41.2. The first kappa shape index (κ1) is 57.9. The first-order valence-corrected chi connectivity index (χ1v) is 24.3. The van der Waals surface area contributed by atoms with Crippen LogP contribution in [-0.2, 0) is 14.2 Å². The SMILES string of the molecule is C/C(=C\CC/C(C)=C/CO[C@@H]1O[C@H](CO)[C@@H](O)[C@H](O)[C@H]1O)CC/C=C(\C)CCC[C@@](C)(O)CCC[C@@](C)(O)CCC[C@@](C)(O)CCC[C@@](C)(O)CCC[C@@](C)(O)CC[C@H]1OC1(C)C. The van der Waals surface area contributed by atoms with Gasteiger partial charge >= 0.3 is 0 Å². The third kappa shape index (κ3) is 24.4. The molecule has 12 nitrogen and oxygen atoms in total. The number of aliphatic hydroxyl groups excluding tert-OH is 4. The fourth-order valence-corrected chi connectivity index (χ4v) is 8.84. The second-order valence-electron chi connectivity index (χ2n) is 21.8. The normalized spacial score (nSPS) is 28.1. The van der Waals surface area contributed by atoms with E-state index >= 15 is 0 Å². The predicted octanol–water partition coefficient (Wildman–Crippen LogP) is 7.77. The molecule has 2 saturated heterocycles. The molecule has 9 N–H and O–H groups in total. The lowest BCUT2D eigenvalue weighted by atomic mass is 9.84. The smallest absolute Gasteiger partial charge is 0.187 e. The van der Waals surface area contributed by atoms with Crippen molar-refractivity contribution in [3.05, 3.63) is 34.9 Å². The molecular formula is C51H94O12. The zero-order valence-electron chi connectivity index (χ0n) is 41.2. The van der Waals surface area contributed by atoms with E-state index < -0.39 is 65.3 Å². The molecule has 0 aliphatic carbocycles. The van der Waals surface area contributed by atoms with Crippen molar-refractivity contribution in [3.63, 3.8) is 0 Å². The van der Waals surface area contributed by atoms with Gasteiger partial charge in [0.15, 0.2) is 6.29 Å². The summed E-state index contributed by atoms with van der Waals surface area (Å²) in [5.74, 6) is 0. The van der Waals surface area contributed by atoms with Crippen LogP contribution < -0.4 is 0 Å². The van der Waals surface area contributed by atoms with Crippen LogP contribution in [0, 0.1) is 0 Å². The van der Waals surface area contributed by atoms with Crippen LogP contribution in [0.15, 0.2) is 34.9 Å². The van der Waals surface area contributed by atoms with Crippen LogP contribution in [0.1, 0.15) is 204 Å². The Labute approximate surface area is 381 Å². The molecule has 0 saturated carbocycles. The summed E-state index contributed by atoms with van der Waals surface area (Å²) in [6.45, 7) is 19.4. The summed E-state index contributed by atoms with van der Waals surface area (Å²) in [6, 6.07) is 0. The van der Waals surface area contributed by atoms with Crippen LogP contribution in [0.25, 0.3) is 0 Å². The second-order valence-corrected chi connectivity index (χ2v) is 21.8. The quantitative estimate of drug-likeness (QED) is 0.0228. The van der Waals surface area contributed by atoms with E-state index in [2.05, 4.69) is 39.8 Å². The standard InChI is InChI=1S/C51H94O12/c1-37(19-12-21-39(3)24-35-61-45-44(55)43(54)42(53)40(36-52)62-45)18-11-20-38(2)22-13-25-47(6,56)26-14-27-48(7,57)28-15-29-49(8,58)30-16-31-50(9,59)32-17-33-51(10,60)34-23-41-46(4,5)63-41/h19-20,24,40-45,52-60H,11-18,21-23,25-36H2,1-10H3/b37-19+,38-20+,39-24+/t40-,41-,42-,43+,44-,45-,47-,48-,49-,50-,51-/m1/s1. The zero-order chi connectivity index (χ0) is 47.7. The van der Waals surface area contributed by atoms with E-state index in [4.69, 9.17) is 14.2 Å². The summed E-state index contributed by atoms with van der Waals surface area (Å²) in [7, 11) is 0. The molecule has 0 unspecified atom stereocenters. The molecule has 11 atom stereocenters. The minimum atomic E-state index is -1.45. The van der Waals surface area contributed by atoms with Gasteiger partial charge in [-0.2, -0.15) is 0 Å². The summed E-state index contributed by atoms with van der Waals surface area (Å²) in [5.41, 5.74) is -0.452. The van der Waals surface area contributed by atoms with E-state index in [1.807, 2.05) is 47.6 Å². The van der Waals surface area contributed by atoms with Gasteiger partial charge in [0.2, 0.25) is 0 Å². The highest BCUT2D eigenvalue weighted by molar-refractivity contribution is 5.06. The number of epoxide rings is 1. The minimum Gasteiger partial charge on any atom is -0.394 e. The van der Waals surface area contributed by atoms with Gasteiger partial charge < -0.3 is 60.2 Å². The molecule has 2 rings (SSSR count). The van der Waals surface area contributed by atoms with E-state index in [1.54, 1.807) is 0 Å². The maximum absolute atomic E-state index is 11.1. The van der Waals surface area contributed by atoms with Gasteiger partial charge in [0.1, 0.15) is 24.4 Å². The molecule has 2 heterocycles. The Bertz CT molecular complexity index is 1390. The van der Waals surface area contributed by atoms with Crippen molar-refractivity contribution in [1.82, 2.24) is 0 Å². The second kappa shape index (κ2) is 26.3. The van der Waals surface area contributed by atoms with Crippen LogP contribution in [0.3, 0.4) is 0 Å². The molecule has 0 aromatic rings. The lowest BCUT2D eigenvalue weighted by Crippen LogP contribution is -2.59. The molecular weight excluding hydrogens is 805 g/mol. The first-order chi connectivity index (χ1) is 29.1. The van der Waals surface area contributed by atoms with Crippen LogP contribution in [0.4, 0.5) is 0 Å². The Kier molecular flexibility index (Phi) is 24.2. The summed E-state index contributed by atoms with van der Waals surface area (Å²) in [6.07, 6.45) is 15.6. The summed E-state index contributed by atoms with van der Waals surface area (Å²) in [5, 5.41) is 94.3. The van der Waals surface area contributed by atoms with Crippen molar-refractivity contribution in [1.29, 1.82) is 0 Å². The van der Waals surface area contributed by atoms with E-state index in [-0.39, 0.29) is 18.3 Å². The number of rotatable bonds is 33. The van der Waals surface area contributed by atoms with Gasteiger partial charge in [0, 0.05) is 0 Å². The van der Waals surface area contributed by atoms with Gasteiger partial charge in [-0.1, -0.05) is 34.9 Å². The molecule has 0 amide bonds. The molecule has 63 heavy (non-hydrogen) atoms. The number of allylic oxidation sites excluding steroid dienone is 5. The molecule has 2 aliphatic rings. The van der Waals surface area contributed by atoms with Crippen LogP contribution >= 0.6 is 0 Å². The van der Waals surface area contributed by atoms with Crippen LogP contribution in [-0.4, -0.2) is 130 Å². The van der Waals surface area contributed by atoms with Crippen LogP contribution in [0.5, 0.6) is 0 Å². The van der Waals surface area contributed by atoms with Crippen molar-refractivity contribution in [3.8, 4) is 0 Å². The van der Waals surface area contributed by atoms with Gasteiger partial charge in [-0.05, 0) is 204 Å². The van der Waals surface area contributed by atoms with Crippen molar-refractivity contribution in [2.75, 3.05) is 13.2 Å². The third-order valence-electron chi connectivity index (χ3n) is 13.7. The molecule has 12 heteroatoms. The Morgan fingerprint density at radius 1 is 0.540 bits per heavy atom. The van der Waals surface area contributed by atoms with E-state index in [0.29, 0.717) is 77.0 Å². The molecule has 0 radical (unpaired) electrons. The van der Waals surface area contributed by atoms with Crippen molar-refractivity contribution in [2.45, 2.75) is 274 Å². The van der Waals surface area contributed by atoms with Gasteiger partial charge in [-0.15, -0.1) is 0 Å². The maximum atomic E-state index is 11.1. The summed E-state index contributed by atoms with van der Waals surface area (Å²) < 4.78 is 16.6. The Morgan fingerprint density at radius 3 is 1.30 bits per heavy atom. The topological polar surface area (TPSA) is 213 Å². The number of hydrogen-bond acceptors (Lipinski definition) is 12. The fraction of sp³-hybridized carbons (Fsp3) is 0.882.